The number of benzene rings is 12. The summed E-state index contributed by atoms with van der Waals surface area (Å²) in [5.74, 6) is 1.21. The van der Waals surface area contributed by atoms with Crippen molar-refractivity contribution in [1.29, 1.82) is 0 Å². The lowest BCUT2D eigenvalue weighted by molar-refractivity contribution is 0.420. The number of rotatable bonds is 1. The molecule has 0 bridgehead atoms. The van der Waals surface area contributed by atoms with Crippen LogP contribution in [0.25, 0.3) is 130 Å². The first-order valence-corrected chi connectivity index (χ1v) is 24.7. The molecule has 0 saturated heterocycles. The molecule has 0 aliphatic rings. The first-order valence-electron chi connectivity index (χ1n) is 22.6. The van der Waals surface area contributed by atoms with Gasteiger partial charge in [0.05, 0.1) is 7.11 Å². The molecular weight excluding hydrogens is 1020 g/mol. The number of hydrogen-bond donors (Lipinski definition) is 1. The SMILES string of the molecule is BrB(Br)Br.COc1cc2c3ccccc3c3cc4c(cc3c2c2ccccc12)oc1ccccc14.Oc1cc2c3ccccc3c3cc4c(cc3c2c2ccccc12)oc1ccccc14.[2H]CC. The zero-order valence-electron chi connectivity index (χ0n) is 37.4. The van der Waals surface area contributed by atoms with Crippen molar-refractivity contribution in [3.63, 3.8) is 0 Å². The van der Waals surface area contributed by atoms with Crippen LogP contribution in [0.3, 0.4) is 0 Å². The molecule has 4 nitrogen and oxygen atoms in total. The van der Waals surface area contributed by atoms with Crippen LogP contribution in [0.5, 0.6) is 11.5 Å². The van der Waals surface area contributed by atoms with Gasteiger partial charge in [0.15, 0.2) is 0 Å². The number of ether oxygens (including phenoxy) is 1. The molecule has 12 aromatic carbocycles. The third kappa shape index (κ3) is 7.16. The predicted molar refractivity (Wildman–Crippen MR) is 300 cm³/mol. The fourth-order valence-corrected chi connectivity index (χ4v) is 10.2. The molecule has 0 aliphatic heterocycles. The molecule has 0 radical (unpaired) electrons. The Balaban J connectivity index is 0.000000132. The second-order valence-electron chi connectivity index (χ2n) is 16.2. The van der Waals surface area contributed by atoms with E-state index < -0.39 is 0 Å². The highest BCUT2D eigenvalue weighted by Gasteiger charge is 2.19. The van der Waals surface area contributed by atoms with E-state index in [2.05, 4.69) is 181 Å². The van der Waals surface area contributed by atoms with Crippen LogP contribution in [0.2, 0.25) is 0 Å². The molecule has 8 heteroatoms. The first-order chi connectivity index (χ1) is 33.3. The highest BCUT2D eigenvalue weighted by Crippen LogP contribution is 2.46. The maximum absolute atomic E-state index is 10.7. The summed E-state index contributed by atoms with van der Waals surface area (Å²) < 4.78 is 24.7. The summed E-state index contributed by atoms with van der Waals surface area (Å²) in [6.07, 6.45) is 0. The quantitative estimate of drug-likeness (QED) is 0.131. The van der Waals surface area contributed by atoms with E-state index in [0.29, 0.717) is 12.6 Å². The van der Waals surface area contributed by atoms with Crippen LogP contribution in [-0.2, 0) is 0 Å². The summed E-state index contributed by atoms with van der Waals surface area (Å²) in [4.78, 5) is 0. The van der Waals surface area contributed by atoms with Crippen LogP contribution < -0.4 is 4.74 Å². The number of furan rings is 2. The minimum absolute atomic E-state index is 0.271. The van der Waals surface area contributed by atoms with Gasteiger partial charge in [-0.3, -0.25) is 0 Å². The molecule has 0 fully saturated rings. The number of para-hydroxylation sites is 2. The van der Waals surface area contributed by atoms with Gasteiger partial charge in [-0.2, -0.15) is 0 Å². The zero-order valence-corrected chi connectivity index (χ0v) is 41.2. The van der Waals surface area contributed by atoms with Gasteiger partial charge < -0.3 is 18.7 Å². The van der Waals surface area contributed by atoms with E-state index in [-0.39, 0.29) is 3.18 Å². The molecule has 14 rings (SSSR count). The van der Waals surface area contributed by atoms with Gasteiger partial charge in [0.2, 0.25) is 0 Å². The van der Waals surface area contributed by atoms with Crippen LogP contribution in [-0.4, -0.2) is 15.4 Å². The van der Waals surface area contributed by atoms with Crippen molar-refractivity contribution in [2.45, 2.75) is 13.8 Å². The topological polar surface area (TPSA) is 55.7 Å². The minimum atomic E-state index is 0.271. The number of methoxy groups -OCH3 is 1. The number of fused-ring (bicyclic) bond motifs is 22. The molecule has 0 unspecified atom stereocenters. The van der Waals surface area contributed by atoms with Gasteiger partial charge in [0, 0.05) is 33.7 Å². The molecule has 2 heterocycles. The number of phenols is 1. The van der Waals surface area contributed by atoms with Crippen LogP contribution in [0.1, 0.15) is 15.2 Å². The van der Waals surface area contributed by atoms with E-state index in [1.54, 1.807) is 14.0 Å². The highest BCUT2D eigenvalue weighted by atomic mass is 79.9. The molecule has 0 aliphatic carbocycles. The van der Waals surface area contributed by atoms with Crippen LogP contribution >= 0.6 is 47.3 Å². The van der Waals surface area contributed by atoms with Crippen molar-refractivity contribution in [2.24, 2.45) is 0 Å². The Labute approximate surface area is 412 Å². The van der Waals surface area contributed by atoms with Gasteiger partial charge in [-0.25, -0.2) is 0 Å². The van der Waals surface area contributed by atoms with E-state index in [9.17, 15) is 5.11 Å². The van der Waals surface area contributed by atoms with Gasteiger partial charge in [0.25, 0.3) is 0 Å². The van der Waals surface area contributed by atoms with E-state index >= 15 is 0 Å². The van der Waals surface area contributed by atoms with Crippen LogP contribution in [0.4, 0.5) is 0 Å². The fraction of sp³-hybridized carbons (Fsp3) is 0.0508. The van der Waals surface area contributed by atoms with E-state index in [1.165, 1.54) is 48.5 Å². The lowest BCUT2D eigenvalue weighted by Gasteiger charge is -2.15. The predicted octanol–water partition coefficient (Wildman–Crippen LogP) is 19.3. The van der Waals surface area contributed by atoms with Gasteiger partial charge >= 0.3 is 3.18 Å². The fourth-order valence-electron chi connectivity index (χ4n) is 10.2. The number of hydrogen-bond acceptors (Lipinski definition) is 4. The Bertz CT molecular complexity index is 4280. The Morgan fingerprint density at radius 2 is 0.716 bits per heavy atom. The Morgan fingerprint density at radius 1 is 0.388 bits per heavy atom. The normalized spacial score (nSPS) is 11.7. The lowest BCUT2D eigenvalue weighted by Crippen LogP contribution is -1.89. The smallest absolute Gasteiger partial charge is 0.369 e. The van der Waals surface area contributed by atoms with Gasteiger partial charge in [0.1, 0.15) is 33.8 Å². The average molecular weight is 1060 g/mol. The lowest BCUT2D eigenvalue weighted by atomic mass is 9.90. The summed E-state index contributed by atoms with van der Waals surface area (Å²) in [7, 11) is 1.74. The number of phenolic OH excluding ortho intramolecular Hbond substituents is 1. The van der Waals surface area contributed by atoms with Crippen molar-refractivity contribution in [3.05, 3.63) is 182 Å². The molecule has 2 aromatic heterocycles. The van der Waals surface area contributed by atoms with Crippen molar-refractivity contribution in [3.8, 4) is 11.5 Å². The molecule has 324 valence electrons. The molecule has 0 saturated carbocycles. The third-order valence-electron chi connectivity index (χ3n) is 12.8. The second kappa shape index (κ2) is 17.6. The summed E-state index contributed by atoms with van der Waals surface area (Å²) in [5, 5.41) is 33.8. The molecular formula is C59H40BBr3O4. The van der Waals surface area contributed by atoms with Gasteiger partial charge in [-0.05, 0) is 124 Å². The molecule has 67 heavy (non-hydrogen) atoms. The Hall–Kier alpha value is -6.58. The summed E-state index contributed by atoms with van der Waals surface area (Å²) in [6, 6.07) is 63.2. The maximum Gasteiger partial charge on any atom is 0.369 e. The van der Waals surface area contributed by atoms with Crippen LogP contribution in [0.15, 0.2) is 191 Å². The number of halogens is 3. The average Bonchev–Trinajstić information content (AvgIpc) is 3.92. The third-order valence-corrected chi connectivity index (χ3v) is 12.8. The Kier molecular flexibility index (Phi) is 11.0. The van der Waals surface area contributed by atoms with E-state index in [0.717, 1.165) is 87.3 Å². The van der Waals surface area contributed by atoms with Crippen molar-refractivity contribution >= 4 is 181 Å². The highest BCUT2D eigenvalue weighted by molar-refractivity contribution is 9.69. The molecule has 1 N–H and O–H groups in total. The van der Waals surface area contributed by atoms with E-state index in [4.69, 9.17) is 14.9 Å². The molecule has 0 spiro atoms. The van der Waals surface area contributed by atoms with Crippen molar-refractivity contribution in [2.75, 3.05) is 7.11 Å². The molecule has 14 aromatic rings. The molecule has 0 amide bonds. The van der Waals surface area contributed by atoms with Gasteiger partial charge in [-0.1, -0.05) is 147 Å². The largest absolute Gasteiger partial charge is 0.507 e. The van der Waals surface area contributed by atoms with Crippen LogP contribution in [0, 0.1) is 0 Å². The summed E-state index contributed by atoms with van der Waals surface area (Å²) in [5.41, 5.74) is 3.63. The summed E-state index contributed by atoms with van der Waals surface area (Å²) in [6.45, 7) is 2.29. The first kappa shape index (κ1) is 41.8. The van der Waals surface area contributed by atoms with E-state index in [1.807, 2.05) is 48.5 Å². The second-order valence-corrected chi connectivity index (χ2v) is 22.7. The monoisotopic (exact) mass is 1060 g/mol. The Morgan fingerprint density at radius 3 is 1.16 bits per heavy atom. The standard InChI is InChI=1S/C29H18O2.C28H16O2.C2H6.BBr3/c1-30-27-15-24-18-9-3-2-8-17(18)22-14-23-20-11-6-7-13-26(20)31-28(23)16-25(22)29(24)21-12-5-4-10-19(21)27;29-25-14-23-17-8-2-1-7-16(17)21-13-22-19-10-5-6-12-26(19)30-27(22)15-24(21)28(23)20-11-4-3-9-18(20)25;1-2;2-1(3)4/h2-16H,1H3;1-15,29H;1-2H3;/i;;1D;. The van der Waals surface area contributed by atoms with Gasteiger partial charge in [-0.15, -0.1) is 47.3 Å². The van der Waals surface area contributed by atoms with Crippen molar-refractivity contribution in [1.82, 2.24) is 0 Å². The maximum atomic E-state index is 10.7. The minimum Gasteiger partial charge on any atom is -0.507 e. The zero-order chi connectivity index (χ0) is 46.6. The summed E-state index contributed by atoms with van der Waals surface area (Å²) >= 11 is 9.31. The van der Waals surface area contributed by atoms with Crippen molar-refractivity contribution < 1.29 is 20.0 Å². The number of aromatic hydroxyl groups is 1. The molecule has 0 atom stereocenters.